The van der Waals surface area contributed by atoms with Gasteiger partial charge in [-0.3, -0.25) is 9.69 Å². The molecule has 106 valence electrons. The van der Waals surface area contributed by atoms with Crippen LogP contribution in [0.4, 0.5) is 5.13 Å². The highest BCUT2D eigenvalue weighted by Crippen LogP contribution is 2.20. The molecule has 0 saturated carbocycles. The van der Waals surface area contributed by atoms with Gasteiger partial charge in [-0.15, -0.1) is 11.3 Å². The Bertz CT molecular complexity index is 814. The number of rotatable bonds is 2. The molecule has 5 nitrogen and oxygen atoms in total. The SMILES string of the molecule is Cc1nc2ccc(C(=O)N(C)c3nccs3)cc2nc1C. The predicted octanol–water partition coefficient (Wildman–Crippen LogP) is 2.98. The first-order chi connectivity index (χ1) is 10.1. The van der Waals surface area contributed by atoms with E-state index in [0.29, 0.717) is 10.7 Å². The van der Waals surface area contributed by atoms with Gasteiger partial charge in [0.05, 0.1) is 22.4 Å². The summed E-state index contributed by atoms with van der Waals surface area (Å²) in [5.41, 5.74) is 3.89. The maximum atomic E-state index is 12.5. The Kier molecular flexibility index (Phi) is 3.39. The highest BCUT2D eigenvalue weighted by Gasteiger charge is 2.16. The van der Waals surface area contributed by atoms with Gasteiger partial charge < -0.3 is 0 Å². The van der Waals surface area contributed by atoms with Crippen LogP contribution in [0.3, 0.4) is 0 Å². The fraction of sp³-hybridized carbons (Fsp3) is 0.200. The Labute approximate surface area is 126 Å². The molecule has 0 bridgehead atoms. The molecule has 0 unspecified atom stereocenters. The maximum Gasteiger partial charge on any atom is 0.259 e. The van der Waals surface area contributed by atoms with Gasteiger partial charge in [0.25, 0.3) is 5.91 Å². The summed E-state index contributed by atoms with van der Waals surface area (Å²) in [5, 5.41) is 2.52. The number of hydrogen-bond donors (Lipinski definition) is 0. The van der Waals surface area contributed by atoms with Crippen molar-refractivity contribution in [3.63, 3.8) is 0 Å². The van der Waals surface area contributed by atoms with E-state index in [1.807, 2.05) is 25.3 Å². The molecular formula is C15H14N4OS. The number of benzene rings is 1. The topological polar surface area (TPSA) is 59.0 Å². The number of amides is 1. The Morgan fingerprint density at radius 2 is 1.86 bits per heavy atom. The third kappa shape index (κ3) is 2.50. The van der Waals surface area contributed by atoms with Crippen LogP contribution < -0.4 is 4.90 Å². The summed E-state index contributed by atoms with van der Waals surface area (Å²) in [7, 11) is 1.72. The minimum absolute atomic E-state index is 0.105. The molecule has 6 heteroatoms. The minimum atomic E-state index is -0.105. The van der Waals surface area contributed by atoms with Crippen molar-refractivity contribution < 1.29 is 4.79 Å². The lowest BCUT2D eigenvalue weighted by atomic mass is 10.1. The fourth-order valence-corrected chi connectivity index (χ4v) is 2.63. The summed E-state index contributed by atoms with van der Waals surface area (Å²) in [6.45, 7) is 3.84. The number of aryl methyl sites for hydroxylation is 2. The quantitative estimate of drug-likeness (QED) is 0.730. The number of hydrogen-bond acceptors (Lipinski definition) is 5. The molecule has 2 heterocycles. The normalized spacial score (nSPS) is 10.8. The molecule has 21 heavy (non-hydrogen) atoms. The van der Waals surface area contributed by atoms with Crippen molar-refractivity contribution in [2.45, 2.75) is 13.8 Å². The summed E-state index contributed by atoms with van der Waals surface area (Å²) >= 11 is 1.43. The summed E-state index contributed by atoms with van der Waals surface area (Å²) < 4.78 is 0. The Hall–Kier alpha value is -2.34. The first-order valence-corrected chi connectivity index (χ1v) is 7.37. The molecule has 1 amide bonds. The van der Waals surface area contributed by atoms with Crippen LogP contribution in [0.5, 0.6) is 0 Å². The van der Waals surface area contributed by atoms with Crippen molar-refractivity contribution in [1.82, 2.24) is 15.0 Å². The third-order valence-corrected chi connectivity index (χ3v) is 4.18. The van der Waals surface area contributed by atoms with Crippen LogP contribution in [0.25, 0.3) is 11.0 Å². The molecule has 0 spiro atoms. The van der Waals surface area contributed by atoms with Gasteiger partial charge in [0.2, 0.25) is 0 Å². The van der Waals surface area contributed by atoms with Crippen molar-refractivity contribution >= 4 is 33.4 Å². The van der Waals surface area contributed by atoms with E-state index in [4.69, 9.17) is 0 Å². The maximum absolute atomic E-state index is 12.5. The molecule has 2 aromatic heterocycles. The van der Waals surface area contributed by atoms with Crippen LogP contribution in [0, 0.1) is 13.8 Å². The Morgan fingerprint density at radius 1 is 1.14 bits per heavy atom. The Morgan fingerprint density at radius 3 is 2.52 bits per heavy atom. The molecule has 1 aromatic carbocycles. The first-order valence-electron chi connectivity index (χ1n) is 6.49. The van der Waals surface area contributed by atoms with Crippen molar-refractivity contribution in [2.24, 2.45) is 0 Å². The number of anilines is 1. The summed E-state index contributed by atoms with van der Waals surface area (Å²) in [6, 6.07) is 5.39. The van der Waals surface area contributed by atoms with Gasteiger partial charge in [-0.2, -0.15) is 0 Å². The average Bonchev–Trinajstić information content (AvgIpc) is 3.00. The van der Waals surface area contributed by atoms with Gasteiger partial charge in [-0.1, -0.05) is 0 Å². The lowest BCUT2D eigenvalue weighted by molar-refractivity contribution is 0.0993. The Balaban J connectivity index is 2.01. The monoisotopic (exact) mass is 298 g/mol. The van der Waals surface area contributed by atoms with Crippen LogP contribution in [-0.2, 0) is 0 Å². The molecule has 0 aliphatic carbocycles. The van der Waals surface area contributed by atoms with Crippen molar-refractivity contribution in [3.8, 4) is 0 Å². The van der Waals surface area contributed by atoms with E-state index in [1.165, 1.54) is 11.3 Å². The van der Waals surface area contributed by atoms with E-state index in [-0.39, 0.29) is 5.91 Å². The van der Waals surface area contributed by atoms with Crippen molar-refractivity contribution in [3.05, 3.63) is 46.7 Å². The molecule has 0 aliphatic rings. The smallest absolute Gasteiger partial charge is 0.259 e. The number of fused-ring (bicyclic) bond motifs is 1. The minimum Gasteiger partial charge on any atom is -0.287 e. The lowest BCUT2D eigenvalue weighted by Gasteiger charge is -2.14. The van der Waals surface area contributed by atoms with E-state index in [1.54, 1.807) is 30.3 Å². The number of carbonyl (C=O) groups excluding carboxylic acids is 1. The van der Waals surface area contributed by atoms with Gasteiger partial charge in [-0.05, 0) is 32.0 Å². The largest absolute Gasteiger partial charge is 0.287 e. The van der Waals surface area contributed by atoms with Gasteiger partial charge >= 0.3 is 0 Å². The van der Waals surface area contributed by atoms with Gasteiger partial charge in [0.1, 0.15) is 0 Å². The summed E-state index contributed by atoms with van der Waals surface area (Å²) in [5.74, 6) is -0.105. The van der Waals surface area contributed by atoms with E-state index in [2.05, 4.69) is 15.0 Å². The highest BCUT2D eigenvalue weighted by atomic mass is 32.1. The van der Waals surface area contributed by atoms with Crippen LogP contribution in [-0.4, -0.2) is 27.9 Å². The summed E-state index contributed by atoms with van der Waals surface area (Å²) in [6.07, 6.45) is 1.68. The van der Waals surface area contributed by atoms with E-state index in [9.17, 15) is 4.79 Å². The molecule has 0 fully saturated rings. The number of nitrogens with zero attached hydrogens (tertiary/aromatic N) is 4. The van der Waals surface area contributed by atoms with Crippen LogP contribution in [0.15, 0.2) is 29.8 Å². The van der Waals surface area contributed by atoms with Gasteiger partial charge in [-0.25, -0.2) is 15.0 Å². The third-order valence-electron chi connectivity index (χ3n) is 3.33. The highest BCUT2D eigenvalue weighted by molar-refractivity contribution is 7.13. The first kappa shape index (κ1) is 13.6. The zero-order valence-electron chi connectivity index (χ0n) is 12.0. The number of carbonyl (C=O) groups is 1. The fourth-order valence-electron chi connectivity index (χ4n) is 2.03. The zero-order valence-corrected chi connectivity index (χ0v) is 12.8. The summed E-state index contributed by atoms with van der Waals surface area (Å²) in [4.78, 5) is 27.1. The second-order valence-corrected chi connectivity index (χ2v) is 5.65. The molecular weight excluding hydrogens is 284 g/mol. The molecule has 0 N–H and O–H groups in total. The molecule has 3 rings (SSSR count). The molecule has 0 atom stereocenters. The van der Waals surface area contributed by atoms with E-state index in [0.717, 1.165) is 22.4 Å². The molecule has 3 aromatic rings. The van der Waals surface area contributed by atoms with Crippen LogP contribution in [0.1, 0.15) is 21.7 Å². The number of thiazole rings is 1. The zero-order chi connectivity index (χ0) is 15.0. The van der Waals surface area contributed by atoms with E-state index < -0.39 is 0 Å². The average molecular weight is 298 g/mol. The lowest BCUT2D eigenvalue weighted by Crippen LogP contribution is -2.26. The second kappa shape index (κ2) is 5.21. The number of aromatic nitrogens is 3. The van der Waals surface area contributed by atoms with Gasteiger partial charge in [0, 0.05) is 24.2 Å². The van der Waals surface area contributed by atoms with Crippen molar-refractivity contribution in [1.29, 1.82) is 0 Å². The molecule has 0 aliphatic heterocycles. The van der Waals surface area contributed by atoms with Crippen LogP contribution in [0.2, 0.25) is 0 Å². The predicted molar refractivity (Wildman–Crippen MR) is 83.9 cm³/mol. The van der Waals surface area contributed by atoms with E-state index >= 15 is 0 Å². The standard InChI is InChI=1S/C15H14N4OS/c1-9-10(2)18-13-8-11(4-5-12(13)17-9)14(20)19(3)15-16-6-7-21-15/h4-8H,1-3H3. The molecule has 0 saturated heterocycles. The molecule has 0 radical (unpaired) electrons. The second-order valence-electron chi connectivity index (χ2n) is 4.78. The van der Waals surface area contributed by atoms with Crippen molar-refractivity contribution in [2.75, 3.05) is 11.9 Å². The van der Waals surface area contributed by atoms with Crippen LogP contribution >= 0.6 is 11.3 Å². The van der Waals surface area contributed by atoms with Gasteiger partial charge in [0.15, 0.2) is 5.13 Å².